The number of rotatable bonds is 7. The van der Waals surface area contributed by atoms with Crippen molar-refractivity contribution in [2.75, 3.05) is 19.9 Å². The van der Waals surface area contributed by atoms with Crippen molar-refractivity contribution in [3.05, 3.63) is 89.0 Å². The van der Waals surface area contributed by atoms with E-state index in [4.69, 9.17) is 4.74 Å². The van der Waals surface area contributed by atoms with Crippen LogP contribution < -0.4 is 10.1 Å². The van der Waals surface area contributed by atoms with Crippen LogP contribution >= 0.6 is 0 Å². The van der Waals surface area contributed by atoms with Gasteiger partial charge in [-0.05, 0) is 64.3 Å². The Balaban J connectivity index is 1.40. The molecule has 0 bridgehead atoms. The number of benzene rings is 3. The molecular formula is C28H30N2O4S. The molecule has 6 nitrogen and oxygen atoms in total. The van der Waals surface area contributed by atoms with E-state index in [2.05, 4.69) is 23.5 Å². The number of carbonyl (C=O) groups excluding carboxylic acids is 1. The van der Waals surface area contributed by atoms with Crippen LogP contribution in [-0.2, 0) is 34.3 Å². The molecule has 182 valence electrons. The van der Waals surface area contributed by atoms with E-state index < -0.39 is 10.0 Å². The maximum Gasteiger partial charge on any atom is 0.224 e. The monoisotopic (exact) mass is 490 g/mol. The first kappa shape index (κ1) is 23.6. The second-order valence-corrected chi connectivity index (χ2v) is 11.4. The molecule has 1 fully saturated rings. The summed E-state index contributed by atoms with van der Waals surface area (Å²) in [5.41, 5.74) is 6.40. The third-order valence-corrected chi connectivity index (χ3v) is 8.38. The van der Waals surface area contributed by atoms with Gasteiger partial charge in [-0.3, -0.25) is 4.79 Å². The molecule has 7 heteroatoms. The Bertz CT molecular complexity index is 1350. The number of hydrogen-bond acceptors (Lipinski definition) is 4. The van der Waals surface area contributed by atoms with Crippen LogP contribution in [0, 0.1) is 5.92 Å². The quantitative estimate of drug-likeness (QED) is 0.541. The maximum absolute atomic E-state index is 12.9. The van der Waals surface area contributed by atoms with Gasteiger partial charge in [0.15, 0.2) is 0 Å². The summed E-state index contributed by atoms with van der Waals surface area (Å²) in [7, 11) is -1.67. The molecule has 1 aliphatic heterocycles. The number of amides is 1. The highest BCUT2D eigenvalue weighted by atomic mass is 32.2. The predicted octanol–water partition coefficient (Wildman–Crippen LogP) is 4.10. The van der Waals surface area contributed by atoms with Crippen molar-refractivity contribution in [3.8, 4) is 16.9 Å². The highest BCUT2D eigenvalue weighted by molar-refractivity contribution is 7.88. The number of sulfonamides is 1. The molecule has 3 aromatic carbocycles. The minimum Gasteiger partial charge on any atom is -0.497 e. The number of carbonyl (C=O) groups is 1. The Morgan fingerprint density at radius 1 is 1.06 bits per heavy atom. The molecule has 0 radical (unpaired) electrons. The molecule has 35 heavy (non-hydrogen) atoms. The third-order valence-electron chi connectivity index (χ3n) is 7.13. The Hall–Kier alpha value is -3.16. The molecule has 3 aromatic rings. The molecule has 0 spiro atoms. The fourth-order valence-electron chi connectivity index (χ4n) is 5.09. The van der Waals surface area contributed by atoms with Gasteiger partial charge in [-0.1, -0.05) is 54.6 Å². The third kappa shape index (κ3) is 4.97. The number of methoxy groups -OCH3 is 1. The van der Waals surface area contributed by atoms with Crippen LogP contribution in [0.2, 0.25) is 0 Å². The second kappa shape index (κ2) is 9.47. The maximum atomic E-state index is 12.9. The van der Waals surface area contributed by atoms with Gasteiger partial charge in [-0.25, -0.2) is 8.42 Å². The lowest BCUT2D eigenvalue weighted by atomic mass is 9.88. The molecule has 1 N–H and O–H groups in total. The van der Waals surface area contributed by atoms with E-state index in [1.54, 1.807) is 7.11 Å². The van der Waals surface area contributed by atoms with Crippen LogP contribution in [0.1, 0.15) is 34.6 Å². The van der Waals surface area contributed by atoms with Crippen molar-refractivity contribution in [1.29, 1.82) is 0 Å². The van der Waals surface area contributed by atoms with Crippen LogP contribution in [0.5, 0.6) is 5.75 Å². The number of nitrogens with one attached hydrogen (secondary N) is 1. The smallest absolute Gasteiger partial charge is 0.224 e. The van der Waals surface area contributed by atoms with E-state index in [-0.39, 0.29) is 17.7 Å². The minimum atomic E-state index is -3.32. The van der Waals surface area contributed by atoms with Crippen molar-refractivity contribution in [1.82, 2.24) is 9.62 Å². The summed E-state index contributed by atoms with van der Waals surface area (Å²) in [6.07, 6.45) is 2.74. The zero-order valence-corrected chi connectivity index (χ0v) is 20.8. The highest BCUT2D eigenvalue weighted by Gasteiger charge is 2.43. The number of nitrogens with zero attached hydrogens (tertiary/aromatic N) is 1. The van der Waals surface area contributed by atoms with Gasteiger partial charge in [0.05, 0.1) is 13.4 Å². The topological polar surface area (TPSA) is 75.7 Å². The van der Waals surface area contributed by atoms with Gasteiger partial charge in [-0.2, -0.15) is 4.31 Å². The molecule has 2 atom stereocenters. The zero-order chi connectivity index (χ0) is 24.6. The SMILES string of the molecule is COc1cccc(-c2ccc(CNC(=O)[C@@H]3C[C@H]3c3ccccc3)c3c2CCN(S(C)(=O)=O)C3)c1. The van der Waals surface area contributed by atoms with Gasteiger partial charge in [-0.15, -0.1) is 0 Å². The zero-order valence-electron chi connectivity index (χ0n) is 20.0. The van der Waals surface area contributed by atoms with Crippen LogP contribution in [-0.4, -0.2) is 38.5 Å². The molecule has 5 rings (SSSR count). The van der Waals surface area contributed by atoms with Gasteiger partial charge < -0.3 is 10.1 Å². The summed E-state index contributed by atoms with van der Waals surface area (Å²) in [5.74, 6) is 1.11. The fraction of sp³-hybridized carbons (Fsp3) is 0.321. The van der Waals surface area contributed by atoms with E-state index in [0.29, 0.717) is 26.1 Å². The first-order valence-electron chi connectivity index (χ1n) is 11.9. The minimum absolute atomic E-state index is 0.00296. The Labute approximate surface area is 207 Å². The largest absolute Gasteiger partial charge is 0.497 e. The summed E-state index contributed by atoms with van der Waals surface area (Å²) in [6.45, 7) is 1.14. The first-order chi connectivity index (χ1) is 16.8. The van der Waals surface area contributed by atoms with Crippen molar-refractivity contribution in [2.45, 2.75) is 31.8 Å². The molecule has 1 aliphatic carbocycles. The molecule has 0 aromatic heterocycles. The lowest BCUT2D eigenvalue weighted by molar-refractivity contribution is -0.122. The molecule has 1 amide bonds. The average molecular weight is 491 g/mol. The lowest BCUT2D eigenvalue weighted by Gasteiger charge is -2.30. The van der Waals surface area contributed by atoms with Crippen molar-refractivity contribution in [3.63, 3.8) is 0 Å². The van der Waals surface area contributed by atoms with E-state index in [1.807, 2.05) is 48.5 Å². The van der Waals surface area contributed by atoms with Crippen molar-refractivity contribution < 1.29 is 17.9 Å². The lowest BCUT2D eigenvalue weighted by Crippen LogP contribution is -2.36. The van der Waals surface area contributed by atoms with Gasteiger partial charge in [0, 0.05) is 25.6 Å². The van der Waals surface area contributed by atoms with E-state index in [9.17, 15) is 13.2 Å². The first-order valence-corrected chi connectivity index (χ1v) is 13.8. The summed E-state index contributed by atoms with van der Waals surface area (Å²) in [6, 6.07) is 22.1. The molecule has 2 aliphatic rings. The van der Waals surface area contributed by atoms with Crippen LogP contribution in [0.3, 0.4) is 0 Å². The Morgan fingerprint density at radius 2 is 1.86 bits per heavy atom. The second-order valence-electron chi connectivity index (χ2n) is 9.39. The van der Waals surface area contributed by atoms with Crippen LogP contribution in [0.4, 0.5) is 0 Å². The van der Waals surface area contributed by atoms with E-state index in [0.717, 1.165) is 40.0 Å². The Kier molecular flexibility index (Phi) is 6.38. The number of ether oxygens (including phenoxy) is 1. The van der Waals surface area contributed by atoms with E-state index in [1.165, 1.54) is 16.1 Å². The standard InChI is InChI=1S/C28H30N2O4S/c1-34-22-10-6-9-20(15-22)23-12-11-21(27-18-30(35(2,32)33)14-13-24(23)27)17-29-28(31)26-16-25(26)19-7-4-3-5-8-19/h3-12,15,25-26H,13-14,16-18H2,1-2H3,(H,29,31)/t25-,26+/m0/s1. The van der Waals surface area contributed by atoms with Crippen molar-refractivity contribution in [2.24, 2.45) is 5.92 Å². The predicted molar refractivity (Wildman–Crippen MR) is 137 cm³/mol. The number of fused-ring (bicyclic) bond motifs is 1. The number of hydrogen-bond donors (Lipinski definition) is 1. The van der Waals surface area contributed by atoms with E-state index >= 15 is 0 Å². The summed E-state index contributed by atoms with van der Waals surface area (Å²) >= 11 is 0. The van der Waals surface area contributed by atoms with Gasteiger partial charge in [0.25, 0.3) is 0 Å². The molecule has 0 saturated heterocycles. The fourth-order valence-corrected chi connectivity index (χ4v) is 5.88. The summed E-state index contributed by atoms with van der Waals surface area (Å²) < 4.78 is 31.6. The normalized spacial score (nSPS) is 19.6. The van der Waals surface area contributed by atoms with Crippen LogP contribution in [0.25, 0.3) is 11.1 Å². The summed E-state index contributed by atoms with van der Waals surface area (Å²) in [4.78, 5) is 12.9. The summed E-state index contributed by atoms with van der Waals surface area (Å²) in [5, 5.41) is 3.11. The Morgan fingerprint density at radius 3 is 2.60 bits per heavy atom. The molecule has 1 saturated carbocycles. The van der Waals surface area contributed by atoms with Gasteiger partial charge in [0.2, 0.25) is 15.9 Å². The molecular weight excluding hydrogens is 460 g/mol. The van der Waals surface area contributed by atoms with Crippen molar-refractivity contribution >= 4 is 15.9 Å². The molecule has 1 heterocycles. The highest BCUT2D eigenvalue weighted by Crippen LogP contribution is 2.47. The van der Waals surface area contributed by atoms with Gasteiger partial charge in [0.1, 0.15) is 5.75 Å². The molecule has 0 unspecified atom stereocenters. The van der Waals surface area contributed by atoms with Crippen LogP contribution in [0.15, 0.2) is 66.7 Å². The van der Waals surface area contributed by atoms with Gasteiger partial charge >= 0.3 is 0 Å². The average Bonchev–Trinajstić information content (AvgIpc) is 3.68.